The zero-order valence-corrected chi connectivity index (χ0v) is 18.9. The Hall–Kier alpha value is -2.62. The molecule has 2 N–H and O–H groups in total. The van der Waals surface area contributed by atoms with E-state index in [9.17, 15) is 14.7 Å². The summed E-state index contributed by atoms with van der Waals surface area (Å²) in [6.45, 7) is 2.55. The van der Waals surface area contributed by atoms with Gasteiger partial charge in [-0.25, -0.2) is 9.78 Å². The topological polar surface area (TPSA) is 112 Å². The van der Waals surface area contributed by atoms with E-state index in [1.54, 1.807) is 0 Å². The van der Waals surface area contributed by atoms with Gasteiger partial charge in [-0.15, -0.1) is 0 Å². The van der Waals surface area contributed by atoms with E-state index in [1.807, 2.05) is 18.3 Å². The third-order valence-corrected chi connectivity index (χ3v) is 6.80. The first-order valence-electron chi connectivity index (χ1n) is 10.4. The van der Waals surface area contributed by atoms with Gasteiger partial charge < -0.3 is 24.7 Å². The SMILES string of the molecule is CNC(=O)c1cc(CN(CC[C@@H]2C[C@@H]3CN(c4ccc(Br)cn4)C[C@@H]3C2)C(=O)O)on1. The van der Waals surface area contributed by atoms with E-state index >= 15 is 0 Å². The number of hydrogen-bond acceptors (Lipinski definition) is 6. The second kappa shape index (κ2) is 9.25. The first kappa shape index (κ1) is 21.6. The number of carbonyl (C=O) groups is 2. The van der Waals surface area contributed by atoms with Gasteiger partial charge in [0.05, 0.1) is 6.54 Å². The fraction of sp³-hybridized carbons (Fsp3) is 0.524. The zero-order chi connectivity index (χ0) is 22.0. The Kier molecular flexibility index (Phi) is 6.45. The van der Waals surface area contributed by atoms with Gasteiger partial charge in [0.15, 0.2) is 11.5 Å². The number of carbonyl (C=O) groups excluding carboxylic acids is 1. The lowest BCUT2D eigenvalue weighted by Gasteiger charge is -2.22. The molecule has 1 saturated heterocycles. The highest BCUT2D eigenvalue weighted by molar-refractivity contribution is 9.10. The maximum Gasteiger partial charge on any atom is 0.407 e. The molecule has 9 nitrogen and oxygen atoms in total. The molecule has 2 fully saturated rings. The third-order valence-electron chi connectivity index (χ3n) is 6.33. The molecule has 1 saturated carbocycles. The number of anilines is 1. The second-order valence-corrected chi connectivity index (χ2v) is 9.26. The zero-order valence-electron chi connectivity index (χ0n) is 17.3. The largest absolute Gasteiger partial charge is 0.465 e. The van der Waals surface area contributed by atoms with Crippen molar-refractivity contribution in [3.63, 3.8) is 0 Å². The molecule has 2 aromatic heterocycles. The number of amides is 2. The standard InChI is InChI=1S/C21H26BrN5O4/c1-23-20(28)18-8-17(31-25-18)12-26(21(29)30)5-4-13-6-14-10-27(11-15(14)7-13)19-3-2-16(22)9-24-19/h2-3,8-9,13-15H,4-7,10-12H2,1H3,(H,23,28)(H,29,30)/t13-,14-,15+. The summed E-state index contributed by atoms with van der Waals surface area (Å²) in [6.07, 6.45) is 3.90. The maximum absolute atomic E-state index is 11.7. The fourth-order valence-electron chi connectivity index (χ4n) is 4.79. The number of hydrogen-bond donors (Lipinski definition) is 2. The number of nitrogens with one attached hydrogen (secondary N) is 1. The van der Waals surface area contributed by atoms with Crippen LogP contribution in [0.1, 0.15) is 35.5 Å². The van der Waals surface area contributed by atoms with Gasteiger partial charge in [0.1, 0.15) is 5.82 Å². The first-order chi connectivity index (χ1) is 14.9. The summed E-state index contributed by atoms with van der Waals surface area (Å²) in [7, 11) is 1.51. The summed E-state index contributed by atoms with van der Waals surface area (Å²) in [5, 5.41) is 15.7. The second-order valence-electron chi connectivity index (χ2n) is 8.35. The molecule has 0 spiro atoms. The van der Waals surface area contributed by atoms with Crippen LogP contribution in [0.4, 0.5) is 10.6 Å². The summed E-state index contributed by atoms with van der Waals surface area (Å²) in [5.74, 6) is 2.82. The predicted octanol–water partition coefficient (Wildman–Crippen LogP) is 3.22. The summed E-state index contributed by atoms with van der Waals surface area (Å²) in [6, 6.07) is 5.55. The van der Waals surface area contributed by atoms with Crippen molar-refractivity contribution in [2.24, 2.45) is 17.8 Å². The van der Waals surface area contributed by atoms with E-state index in [2.05, 4.69) is 36.3 Å². The van der Waals surface area contributed by atoms with Crippen molar-refractivity contribution in [3.05, 3.63) is 40.3 Å². The average molecular weight is 492 g/mol. The number of nitrogens with zero attached hydrogens (tertiary/aromatic N) is 4. The van der Waals surface area contributed by atoms with Crippen molar-refractivity contribution in [3.8, 4) is 0 Å². The molecule has 0 bridgehead atoms. The number of carboxylic acid groups (broad SMARTS) is 1. The van der Waals surface area contributed by atoms with Crippen LogP contribution in [0.2, 0.25) is 0 Å². The molecule has 2 aromatic rings. The van der Waals surface area contributed by atoms with Gasteiger partial charge in [-0.2, -0.15) is 0 Å². The van der Waals surface area contributed by atoms with Gasteiger partial charge in [0.2, 0.25) is 0 Å². The van der Waals surface area contributed by atoms with E-state index in [4.69, 9.17) is 4.52 Å². The Balaban J connectivity index is 1.27. The van der Waals surface area contributed by atoms with Crippen molar-refractivity contribution in [1.82, 2.24) is 20.4 Å². The molecule has 1 aliphatic heterocycles. The lowest BCUT2D eigenvalue weighted by molar-refractivity contribution is 0.0953. The highest BCUT2D eigenvalue weighted by atomic mass is 79.9. The van der Waals surface area contributed by atoms with Crippen LogP contribution in [0.5, 0.6) is 0 Å². The van der Waals surface area contributed by atoms with Crippen molar-refractivity contribution in [2.75, 3.05) is 31.6 Å². The molecule has 1 aliphatic carbocycles. The number of aromatic nitrogens is 2. The number of halogens is 1. The van der Waals surface area contributed by atoms with Gasteiger partial charge in [-0.05, 0) is 65.1 Å². The molecule has 2 amide bonds. The molecular weight excluding hydrogens is 466 g/mol. The van der Waals surface area contributed by atoms with Crippen molar-refractivity contribution >= 4 is 33.7 Å². The summed E-state index contributed by atoms with van der Waals surface area (Å²) < 4.78 is 6.11. The first-order valence-corrected chi connectivity index (χ1v) is 11.2. The van der Waals surface area contributed by atoms with Crippen molar-refractivity contribution in [1.29, 1.82) is 0 Å². The van der Waals surface area contributed by atoms with Crippen LogP contribution in [0.25, 0.3) is 0 Å². The lowest BCUT2D eigenvalue weighted by atomic mass is 10.0. The van der Waals surface area contributed by atoms with Crippen LogP contribution >= 0.6 is 15.9 Å². The molecule has 4 rings (SSSR count). The minimum Gasteiger partial charge on any atom is -0.465 e. The molecule has 0 radical (unpaired) electrons. The van der Waals surface area contributed by atoms with E-state index < -0.39 is 6.09 Å². The molecule has 0 unspecified atom stereocenters. The third kappa shape index (κ3) is 5.00. The Morgan fingerprint density at radius 3 is 2.68 bits per heavy atom. The van der Waals surface area contributed by atoms with Crippen LogP contribution in [-0.2, 0) is 6.54 Å². The Morgan fingerprint density at radius 1 is 1.32 bits per heavy atom. The highest BCUT2D eigenvalue weighted by Gasteiger charge is 2.41. The smallest absolute Gasteiger partial charge is 0.407 e. The quantitative estimate of drug-likeness (QED) is 0.611. The number of pyridine rings is 1. The van der Waals surface area contributed by atoms with Gasteiger partial charge in [0, 0.05) is 43.4 Å². The molecule has 31 heavy (non-hydrogen) atoms. The van der Waals surface area contributed by atoms with Crippen LogP contribution in [0, 0.1) is 17.8 Å². The van der Waals surface area contributed by atoms with Gasteiger partial charge in [0.25, 0.3) is 5.91 Å². The average Bonchev–Trinajstić information content (AvgIpc) is 3.45. The van der Waals surface area contributed by atoms with Gasteiger partial charge >= 0.3 is 6.09 Å². The Bertz CT molecular complexity index is 920. The van der Waals surface area contributed by atoms with Gasteiger partial charge in [-0.3, -0.25) is 4.79 Å². The molecule has 10 heteroatoms. The Morgan fingerprint density at radius 2 is 2.06 bits per heavy atom. The normalized spacial score (nSPS) is 22.4. The van der Waals surface area contributed by atoms with E-state index in [1.165, 1.54) is 18.0 Å². The molecule has 0 aromatic carbocycles. The Labute approximate surface area is 188 Å². The van der Waals surface area contributed by atoms with Gasteiger partial charge in [-0.1, -0.05) is 5.16 Å². The van der Waals surface area contributed by atoms with Crippen LogP contribution < -0.4 is 10.2 Å². The van der Waals surface area contributed by atoms with Crippen molar-refractivity contribution in [2.45, 2.75) is 25.8 Å². The minimum absolute atomic E-state index is 0.0852. The van der Waals surface area contributed by atoms with Crippen LogP contribution in [0.3, 0.4) is 0 Å². The highest BCUT2D eigenvalue weighted by Crippen LogP contribution is 2.43. The number of rotatable bonds is 7. The minimum atomic E-state index is -0.997. The summed E-state index contributed by atoms with van der Waals surface area (Å²) in [4.78, 5) is 31.5. The van der Waals surface area contributed by atoms with E-state index in [0.717, 1.165) is 42.6 Å². The molecule has 3 heterocycles. The number of fused-ring (bicyclic) bond motifs is 1. The maximum atomic E-state index is 11.7. The molecular formula is C21H26BrN5O4. The van der Waals surface area contributed by atoms with Crippen LogP contribution in [-0.4, -0.2) is 58.8 Å². The molecule has 166 valence electrons. The molecule has 2 aliphatic rings. The molecule has 3 atom stereocenters. The van der Waals surface area contributed by atoms with E-state index in [0.29, 0.717) is 30.1 Å². The van der Waals surface area contributed by atoms with E-state index in [-0.39, 0.29) is 18.1 Å². The predicted molar refractivity (Wildman–Crippen MR) is 117 cm³/mol. The fourth-order valence-corrected chi connectivity index (χ4v) is 5.03. The van der Waals surface area contributed by atoms with Crippen molar-refractivity contribution < 1.29 is 19.2 Å². The monoisotopic (exact) mass is 491 g/mol. The summed E-state index contributed by atoms with van der Waals surface area (Å²) >= 11 is 3.43. The summed E-state index contributed by atoms with van der Waals surface area (Å²) in [5.41, 5.74) is 0.149. The lowest BCUT2D eigenvalue weighted by Crippen LogP contribution is -2.31. The van der Waals surface area contributed by atoms with Crippen LogP contribution in [0.15, 0.2) is 33.4 Å².